The molecule has 0 spiro atoms. The Hall–Kier alpha value is -5.94. The van der Waals surface area contributed by atoms with Crippen LogP contribution in [0.1, 0.15) is 47.2 Å². The lowest BCUT2D eigenvalue weighted by molar-refractivity contribution is -0.174. The van der Waals surface area contributed by atoms with Crippen LogP contribution in [0.2, 0.25) is 0 Å². The largest absolute Gasteiger partial charge is 0.447 e. The van der Waals surface area contributed by atoms with Gasteiger partial charge in [-0.15, -0.1) is 0 Å². The number of hydrogen-bond acceptors (Lipinski definition) is 14. The highest BCUT2D eigenvalue weighted by Crippen LogP contribution is 2.54. The zero-order valence-corrected chi connectivity index (χ0v) is 40.5. The van der Waals surface area contributed by atoms with Gasteiger partial charge >= 0.3 is 23.9 Å². The Balaban J connectivity index is 1.45. The van der Waals surface area contributed by atoms with Gasteiger partial charge in [0.05, 0.1) is 11.4 Å². The van der Waals surface area contributed by atoms with Crippen LogP contribution in [-0.4, -0.2) is 112 Å². The highest BCUT2D eigenvalue weighted by molar-refractivity contribution is 8.00. The first-order chi connectivity index (χ1) is 31.2. The minimum Gasteiger partial charge on any atom is -0.447 e. The van der Waals surface area contributed by atoms with Crippen molar-refractivity contribution >= 4 is 70.6 Å². The second-order valence-electron chi connectivity index (χ2n) is 17.0. The SMILES string of the molecule is CC(=O)O[C@@H]1C(=O)N(CCN(C)C)c2ccc(C)cc2S[C@@]1(OC(=O)/C=C\C(=O)O[C@@]1(c2ccc(C)cc2)Sc2cc(C)ccc2N(CCN(C)C)C(=O)[C@H]1OC(C)=O)c1ccc(C)cc1. The number of benzene rings is 4. The van der Waals surface area contributed by atoms with Crippen LogP contribution >= 0.6 is 23.5 Å². The zero-order chi connectivity index (χ0) is 48.1. The van der Waals surface area contributed by atoms with Gasteiger partial charge in [0.1, 0.15) is 0 Å². The van der Waals surface area contributed by atoms with Gasteiger partial charge in [0.25, 0.3) is 11.8 Å². The summed E-state index contributed by atoms with van der Waals surface area (Å²) in [5.74, 6) is -4.98. The molecular formula is C50H56N4O10S2. The summed E-state index contributed by atoms with van der Waals surface area (Å²) in [5.41, 5.74) is 5.24. The van der Waals surface area contributed by atoms with Gasteiger partial charge in [-0.3, -0.25) is 19.2 Å². The molecule has 348 valence electrons. The Morgan fingerprint density at radius 1 is 0.561 bits per heavy atom. The fourth-order valence-electron chi connectivity index (χ4n) is 7.54. The lowest BCUT2D eigenvalue weighted by Gasteiger charge is -2.37. The average Bonchev–Trinajstić information content (AvgIpc) is 3.39. The molecule has 6 rings (SSSR count). The van der Waals surface area contributed by atoms with Crippen LogP contribution in [0.3, 0.4) is 0 Å². The number of hydrogen-bond donors (Lipinski definition) is 0. The Kier molecular flexibility index (Phi) is 15.5. The number of anilines is 2. The molecule has 14 nitrogen and oxygen atoms in total. The molecule has 4 aromatic carbocycles. The van der Waals surface area contributed by atoms with Crippen LogP contribution in [-0.2, 0) is 57.6 Å². The third kappa shape index (κ3) is 11.0. The number of rotatable bonds is 14. The molecule has 0 saturated carbocycles. The smallest absolute Gasteiger partial charge is 0.332 e. The molecule has 0 radical (unpaired) electrons. The molecule has 0 aliphatic carbocycles. The van der Waals surface area contributed by atoms with Crippen LogP contribution < -0.4 is 9.80 Å². The van der Waals surface area contributed by atoms with E-state index in [1.54, 1.807) is 48.5 Å². The molecule has 16 heteroatoms. The van der Waals surface area contributed by atoms with E-state index < -0.39 is 57.8 Å². The number of fused-ring (bicyclic) bond motifs is 2. The van der Waals surface area contributed by atoms with Crippen LogP contribution in [0, 0.1) is 27.7 Å². The molecule has 4 aromatic rings. The fraction of sp³-hybridized carbons (Fsp3) is 0.360. The van der Waals surface area contributed by atoms with Gasteiger partial charge in [-0.05, 0) is 91.3 Å². The number of ether oxygens (including phenoxy) is 4. The molecule has 0 N–H and O–H groups in total. The van der Waals surface area contributed by atoms with Crippen molar-refractivity contribution in [3.8, 4) is 0 Å². The number of carbonyl (C=O) groups is 6. The summed E-state index contributed by atoms with van der Waals surface area (Å²) in [7, 11) is 7.50. The first kappa shape index (κ1) is 49.5. The Labute approximate surface area is 394 Å². The van der Waals surface area contributed by atoms with E-state index in [1.807, 2.05) is 102 Å². The van der Waals surface area contributed by atoms with Crippen molar-refractivity contribution in [1.29, 1.82) is 0 Å². The first-order valence-corrected chi connectivity index (χ1v) is 23.0. The second kappa shape index (κ2) is 20.7. The van der Waals surface area contributed by atoms with Crippen molar-refractivity contribution in [3.05, 3.63) is 130 Å². The number of nitrogens with zero attached hydrogens (tertiary/aromatic N) is 4. The molecule has 0 bridgehead atoms. The first-order valence-electron chi connectivity index (χ1n) is 21.4. The highest BCUT2D eigenvalue weighted by atomic mass is 32.2. The number of aryl methyl sites for hydroxylation is 4. The van der Waals surface area contributed by atoms with E-state index in [0.29, 0.717) is 45.4 Å². The lowest BCUT2D eigenvalue weighted by Crippen LogP contribution is -2.53. The van der Waals surface area contributed by atoms with Crippen LogP contribution in [0.25, 0.3) is 0 Å². The molecule has 0 fully saturated rings. The van der Waals surface area contributed by atoms with Crippen molar-refractivity contribution < 1.29 is 47.7 Å². The molecule has 2 heterocycles. The molecule has 0 aromatic heterocycles. The fourth-order valence-corrected chi connectivity index (χ4v) is 10.5. The summed E-state index contributed by atoms with van der Waals surface area (Å²) in [5, 5.41) is 0. The number of carbonyl (C=O) groups excluding carboxylic acids is 6. The minimum absolute atomic E-state index is 0.221. The molecule has 0 unspecified atom stereocenters. The summed E-state index contributed by atoms with van der Waals surface area (Å²) in [4.78, 5) is 88.5. The normalized spacial score (nSPS) is 20.7. The second-order valence-corrected chi connectivity index (χ2v) is 19.5. The van der Waals surface area contributed by atoms with Crippen LogP contribution in [0.4, 0.5) is 11.4 Å². The molecule has 2 aliphatic heterocycles. The molecule has 66 heavy (non-hydrogen) atoms. The summed E-state index contributed by atoms with van der Waals surface area (Å²) >= 11 is 2.09. The Bertz CT molecular complexity index is 2360. The van der Waals surface area contributed by atoms with Crippen LogP contribution in [0.5, 0.6) is 0 Å². The van der Waals surface area contributed by atoms with Crippen LogP contribution in [0.15, 0.2) is 107 Å². The molecule has 0 saturated heterocycles. The minimum atomic E-state index is -2.01. The maximum Gasteiger partial charge on any atom is 0.332 e. The number of amides is 2. The maximum absolute atomic E-state index is 14.9. The molecular weight excluding hydrogens is 881 g/mol. The zero-order valence-electron chi connectivity index (χ0n) is 38.9. The molecule has 4 atom stereocenters. The molecule has 2 aliphatic rings. The molecule has 2 amide bonds. The van der Waals surface area contributed by atoms with Crippen molar-refractivity contribution in [2.45, 2.75) is 73.4 Å². The van der Waals surface area contributed by atoms with E-state index in [2.05, 4.69) is 0 Å². The van der Waals surface area contributed by atoms with Crippen molar-refractivity contribution in [2.24, 2.45) is 0 Å². The predicted octanol–water partition coefficient (Wildman–Crippen LogP) is 6.83. The van der Waals surface area contributed by atoms with Crippen molar-refractivity contribution in [3.63, 3.8) is 0 Å². The number of likely N-dealkylation sites (N-methyl/N-ethyl adjacent to an activating group) is 2. The summed E-state index contributed by atoms with van der Waals surface area (Å²) < 4.78 is 24.5. The third-order valence-corrected chi connectivity index (χ3v) is 13.6. The van der Waals surface area contributed by atoms with E-state index in [4.69, 9.17) is 18.9 Å². The van der Waals surface area contributed by atoms with Gasteiger partial charge in [-0.25, -0.2) is 9.59 Å². The van der Waals surface area contributed by atoms with E-state index in [9.17, 15) is 28.8 Å². The highest BCUT2D eigenvalue weighted by Gasteiger charge is 2.57. The van der Waals surface area contributed by atoms with Gasteiger partial charge in [0.15, 0.2) is 0 Å². The Morgan fingerprint density at radius 2 is 0.894 bits per heavy atom. The van der Waals surface area contributed by atoms with Crippen molar-refractivity contribution in [2.75, 3.05) is 64.2 Å². The Morgan fingerprint density at radius 3 is 1.21 bits per heavy atom. The van der Waals surface area contributed by atoms with Gasteiger partial charge in [-0.1, -0.05) is 95.3 Å². The van der Waals surface area contributed by atoms with Gasteiger partial charge in [0, 0.05) is 73.1 Å². The summed E-state index contributed by atoms with van der Waals surface area (Å²) in [6.45, 7) is 11.3. The van der Waals surface area contributed by atoms with Gasteiger partial charge < -0.3 is 38.5 Å². The summed E-state index contributed by atoms with van der Waals surface area (Å²) in [6, 6.07) is 25.0. The monoisotopic (exact) mass is 936 g/mol. The summed E-state index contributed by atoms with van der Waals surface area (Å²) in [6.07, 6.45) is -1.67. The van der Waals surface area contributed by atoms with Crippen molar-refractivity contribution in [1.82, 2.24) is 9.80 Å². The number of esters is 4. The predicted molar refractivity (Wildman–Crippen MR) is 254 cm³/mol. The van der Waals surface area contributed by atoms with Gasteiger partial charge in [-0.2, -0.15) is 0 Å². The van der Waals surface area contributed by atoms with E-state index in [0.717, 1.165) is 57.9 Å². The maximum atomic E-state index is 14.9. The topological polar surface area (TPSA) is 152 Å². The standard InChI is InChI=1S/C50H56N4O10S2/c1-31-11-17-37(18-12-31)49(45(61-35(5)55)47(59)53(27-25-51(7)8)39-21-15-33(3)29-41(39)65-49)63-43(57)23-24-44(58)64-50(38-19-13-32(2)14-20-38)46(62-36(6)56)48(60)54(28-26-52(9)10)40-22-16-34(4)30-42(40)66-50/h11-24,29-30,45-46H,25-28H2,1-10H3/b24-23-/t45-,46-,49+,50+/m1/s1. The van der Waals surface area contributed by atoms with E-state index >= 15 is 0 Å². The van der Waals surface area contributed by atoms with E-state index in [1.165, 1.54) is 23.6 Å². The van der Waals surface area contributed by atoms with Gasteiger partial charge in [0.2, 0.25) is 22.1 Å². The third-order valence-electron chi connectivity index (χ3n) is 10.9. The quantitative estimate of drug-likeness (QED) is 0.0738. The van der Waals surface area contributed by atoms with E-state index in [-0.39, 0.29) is 13.1 Å². The average molecular weight is 937 g/mol. The number of thioether (sulfide) groups is 2. The lowest BCUT2D eigenvalue weighted by atomic mass is 10.00.